The monoisotopic (exact) mass is 1070 g/mol. The molecule has 6 heteroatoms. The van der Waals surface area contributed by atoms with Crippen LogP contribution in [0.2, 0.25) is 0 Å². The summed E-state index contributed by atoms with van der Waals surface area (Å²) < 4.78 is 7.50. The zero-order valence-corrected chi connectivity index (χ0v) is 45.7. The predicted molar refractivity (Wildman–Crippen MR) is 354 cm³/mol. The lowest BCUT2D eigenvalue weighted by molar-refractivity contribution is 1.16. The van der Waals surface area contributed by atoms with Gasteiger partial charge >= 0.3 is 0 Å². The van der Waals surface area contributed by atoms with Crippen LogP contribution < -0.4 is 26.2 Å². The van der Waals surface area contributed by atoms with E-state index in [0.717, 1.165) is 78.8 Å². The van der Waals surface area contributed by atoms with Crippen LogP contribution in [0.15, 0.2) is 303 Å². The van der Waals surface area contributed by atoms with Crippen molar-refractivity contribution in [3.8, 4) is 39.3 Å². The van der Waals surface area contributed by atoms with Gasteiger partial charge in [0, 0.05) is 83.1 Å². The van der Waals surface area contributed by atoms with Crippen molar-refractivity contribution in [2.24, 2.45) is 0 Å². The first-order valence-electron chi connectivity index (χ1n) is 29.0. The highest BCUT2D eigenvalue weighted by Gasteiger charge is 2.44. The predicted octanol–water partition coefficient (Wildman–Crippen LogP) is 18.4. The fourth-order valence-corrected chi connectivity index (χ4v) is 14.5. The van der Waals surface area contributed by atoms with Crippen LogP contribution in [-0.2, 0) is 0 Å². The largest absolute Gasteiger partial charge is 0.311 e. The second-order valence-electron chi connectivity index (χ2n) is 22.4. The van der Waals surface area contributed by atoms with E-state index < -0.39 is 0 Å². The van der Waals surface area contributed by atoms with Gasteiger partial charge < -0.3 is 23.5 Å². The van der Waals surface area contributed by atoms with Gasteiger partial charge in [-0.3, -0.25) is 0 Å². The Morgan fingerprint density at radius 1 is 0.274 bits per heavy atom. The number of hydrogen-bond donors (Lipinski definition) is 0. The third-order valence-electron chi connectivity index (χ3n) is 18.0. The molecule has 0 aliphatic carbocycles. The van der Waals surface area contributed by atoms with Crippen LogP contribution >= 0.6 is 0 Å². The average Bonchev–Trinajstić information content (AvgIpc) is 1.34. The molecule has 2 aliphatic rings. The van der Waals surface area contributed by atoms with E-state index in [4.69, 9.17) is 0 Å². The van der Waals surface area contributed by atoms with Crippen LogP contribution in [0.1, 0.15) is 0 Å². The zero-order valence-electron chi connectivity index (χ0n) is 45.7. The Bertz CT molecular complexity index is 5330. The van der Waals surface area contributed by atoms with Gasteiger partial charge in [-0.15, -0.1) is 0 Å². The molecule has 0 atom stereocenters. The molecule has 5 nitrogen and oxygen atoms in total. The van der Waals surface area contributed by atoms with Gasteiger partial charge in [-0.25, -0.2) is 0 Å². The van der Waals surface area contributed by atoms with E-state index in [1.807, 2.05) is 0 Å². The molecule has 5 heterocycles. The van der Waals surface area contributed by atoms with Crippen molar-refractivity contribution in [3.63, 3.8) is 0 Å². The van der Waals surface area contributed by atoms with E-state index >= 15 is 0 Å². The Morgan fingerprint density at radius 2 is 0.774 bits per heavy atom. The maximum absolute atomic E-state index is 2.62. The van der Waals surface area contributed by atoms with Crippen LogP contribution in [0.3, 0.4) is 0 Å². The highest BCUT2D eigenvalue weighted by Crippen LogP contribution is 2.51. The van der Waals surface area contributed by atoms with E-state index in [2.05, 4.69) is 327 Å². The van der Waals surface area contributed by atoms with Gasteiger partial charge in [0.25, 0.3) is 6.71 Å². The van der Waals surface area contributed by atoms with Crippen molar-refractivity contribution in [3.05, 3.63) is 303 Å². The van der Waals surface area contributed by atoms with Crippen LogP contribution in [0.25, 0.3) is 105 Å². The fourth-order valence-electron chi connectivity index (χ4n) is 14.5. The highest BCUT2D eigenvalue weighted by atomic mass is 15.2. The Balaban J connectivity index is 1.01. The number of para-hydroxylation sites is 8. The molecule has 84 heavy (non-hydrogen) atoms. The first-order valence-corrected chi connectivity index (χ1v) is 29.0. The fraction of sp³-hybridized carbons (Fsp3) is 0. The minimum atomic E-state index is -0.120. The average molecular weight is 1070 g/mol. The van der Waals surface area contributed by atoms with Crippen LogP contribution in [-0.4, -0.2) is 20.4 Å². The molecule has 0 amide bonds. The quantitative estimate of drug-likeness (QED) is 0.141. The van der Waals surface area contributed by atoms with Gasteiger partial charge in [0.05, 0.1) is 44.6 Å². The molecule has 0 saturated carbocycles. The number of nitrogens with zero attached hydrogens (tertiary/aromatic N) is 5. The maximum atomic E-state index is 2.62. The Hall–Kier alpha value is -11.1. The summed E-state index contributed by atoms with van der Waals surface area (Å²) in [6, 6.07) is 113. The topological polar surface area (TPSA) is 21.3 Å². The van der Waals surface area contributed by atoms with E-state index in [0.29, 0.717) is 0 Å². The summed E-state index contributed by atoms with van der Waals surface area (Å²) in [5.74, 6) is 0. The molecule has 0 unspecified atom stereocenters. The third-order valence-corrected chi connectivity index (χ3v) is 18.0. The molecule has 0 saturated heterocycles. The maximum Gasteiger partial charge on any atom is 0.252 e. The number of anilines is 6. The molecule has 0 bridgehead atoms. The molecule has 13 aromatic carbocycles. The highest BCUT2D eigenvalue weighted by molar-refractivity contribution is 7.00. The number of aromatic nitrogens is 3. The van der Waals surface area contributed by atoms with Crippen LogP contribution in [0.5, 0.6) is 0 Å². The van der Waals surface area contributed by atoms with E-state index in [-0.39, 0.29) is 6.71 Å². The van der Waals surface area contributed by atoms with Gasteiger partial charge in [-0.05, 0) is 112 Å². The SMILES string of the molecule is c1ccc(-c2ccccc2N(c2cc3c4c(c2)-n2c5ccccc5c5cccc(c52)B4c2cc4c5ccccc5n(-c5ccccc5)c4cc2N3c2ccccc2-c2ccccc2)c2ccc3c4ccccc4n(-c4ccccc4)c3c2)cc1. The summed E-state index contributed by atoms with van der Waals surface area (Å²) in [6.07, 6.45) is 0. The van der Waals surface area contributed by atoms with E-state index in [1.54, 1.807) is 0 Å². The first kappa shape index (κ1) is 46.7. The minimum absolute atomic E-state index is 0.120. The summed E-state index contributed by atoms with van der Waals surface area (Å²) in [6.45, 7) is -0.120. The summed E-state index contributed by atoms with van der Waals surface area (Å²) in [5.41, 5.74) is 25.5. The van der Waals surface area contributed by atoms with Crippen molar-refractivity contribution in [2.45, 2.75) is 0 Å². The van der Waals surface area contributed by atoms with Gasteiger partial charge in [-0.2, -0.15) is 0 Å². The van der Waals surface area contributed by atoms with Crippen LogP contribution in [0.4, 0.5) is 34.1 Å². The summed E-state index contributed by atoms with van der Waals surface area (Å²) in [5, 5.41) is 7.39. The molecule has 18 rings (SSSR count). The Morgan fingerprint density at radius 3 is 1.45 bits per heavy atom. The van der Waals surface area contributed by atoms with Gasteiger partial charge in [0.15, 0.2) is 0 Å². The van der Waals surface area contributed by atoms with Crippen LogP contribution in [0, 0.1) is 0 Å². The van der Waals surface area contributed by atoms with Crippen molar-refractivity contribution in [2.75, 3.05) is 9.80 Å². The summed E-state index contributed by atoms with van der Waals surface area (Å²) in [4.78, 5) is 5.16. The van der Waals surface area contributed by atoms with Crippen molar-refractivity contribution < 1.29 is 0 Å². The van der Waals surface area contributed by atoms with E-state index in [1.165, 1.54) is 76.5 Å². The number of benzene rings is 13. The lowest BCUT2D eigenvalue weighted by Gasteiger charge is -2.42. The summed E-state index contributed by atoms with van der Waals surface area (Å²) in [7, 11) is 0. The third kappa shape index (κ3) is 6.73. The van der Waals surface area contributed by atoms with Crippen molar-refractivity contribution in [1.82, 2.24) is 13.7 Å². The normalized spacial score (nSPS) is 12.5. The molecule has 390 valence electrons. The van der Waals surface area contributed by atoms with Crippen molar-refractivity contribution >= 4 is 123 Å². The smallest absolute Gasteiger partial charge is 0.252 e. The zero-order chi connectivity index (χ0) is 55.0. The number of hydrogen-bond acceptors (Lipinski definition) is 2. The number of fused-ring (bicyclic) bond motifs is 13. The van der Waals surface area contributed by atoms with Gasteiger partial charge in [0.1, 0.15) is 0 Å². The standard InChI is InChI=1S/C78H50BN5/c1-5-24-51(25-6-1)57-32-13-18-39-67(57)80(55-44-45-62-59-34-15-20-41-69(59)81(72(62)46-55)53-28-9-3-10-29-53)56-47-75-77-76(48-56)84-71-43-22-16-35-60(71)63-37-23-38-65(78(63)84)79(77)66-49-64-61-36-17-21-42-70(61)82(54-30-11-4-12-31-54)73(64)50-74(66)83(75)68-40-19-14-33-58(68)52-26-7-2-8-27-52/h1-50H. The molecule has 0 radical (unpaired) electrons. The molecule has 0 N–H and O–H groups in total. The molecule has 0 spiro atoms. The second kappa shape index (κ2) is 18.2. The van der Waals surface area contributed by atoms with Crippen molar-refractivity contribution in [1.29, 1.82) is 0 Å². The molecule has 0 fully saturated rings. The molecule has 3 aromatic heterocycles. The van der Waals surface area contributed by atoms with Gasteiger partial charge in [-0.1, -0.05) is 218 Å². The van der Waals surface area contributed by atoms with Gasteiger partial charge in [0.2, 0.25) is 0 Å². The molecular formula is C78H50BN5. The molecule has 16 aromatic rings. The lowest BCUT2D eigenvalue weighted by Crippen LogP contribution is -2.60. The molecule has 2 aliphatic heterocycles. The summed E-state index contributed by atoms with van der Waals surface area (Å²) >= 11 is 0. The van der Waals surface area contributed by atoms with E-state index in [9.17, 15) is 0 Å². The molecular weight excluding hydrogens is 1020 g/mol. The Labute approximate surface area is 486 Å². The Kier molecular flexibility index (Phi) is 10.1. The minimum Gasteiger partial charge on any atom is -0.311 e. The lowest BCUT2D eigenvalue weighted by atomic mass is 9.33. The second-order valence-corrected chi connectivity index (χ2v) is 22.4. The number of rotatable bonds is 8. The first-order chi connectivity index (χ1) is 41.7.